The topological polar surface area (TPSA) is 121 Å². The van der Waals surface area contributed by atoms with Gasteiger partial charge in [-0.3, -0.25) is 14.5 Å². The lowest BCUT2D eigenvalue weighted by Crippen LogP contribution is -2.54. The molecule has 258 valence electrons. The molecule has 7 rings (SSSR count). The van der Waals surface area contributed by atoms with Gasteiger partial charge in [-0.2, -0.15) is 0 Å². The molecule has 0 bridgehead atoms. The fraction of sp³-hybridized carbons (Fsp3) is 0.350. The predicted molar refractivity (Wildman–Crippen MR) is 190 cm³/mol. The first-order valence-corrected chi connectivity index (χ1v) is 17.3. The molecule has 1 aliphatic carbocycles. The molecule has 50 heavy (non-hydrogen) atoms. The minimum absolute atomic E-state index is 0.152. The summed E-state index contributed by atoms with van der Waals surface area (Å²) in [5, 5.41) is 13.7. The molecular weight excluding hydrogens is 632 g/mol. The number of amides is 2. The van der Waals surface area contributed by atoms with E-state index in [2.05, 4.69) is 16.8 Å². The van der Waals surface area contributed by atoms with E-state index in [1.165, 1.54) is 0 Å². The van der Waals surface area contributed by atoms with Crippen molar-refractivity contribution in [2.45, 2.75) is 55.8 Å². The number of benzene rings is 3. The first-order chi connectivity index (χ1) is 24.3. The summed E-state index contributed by atoms with van der Waals surface area (Å²) in [6, 6.07) is 25.4. The number of carbonyl (C=O) groups is 3. The standard InChI is InChI=1S/C40H42N4O6/c1-3-28-24-40(28,39(47)48)42-37(45)34-22-30(25-44(34)38(46)36(27-15-9-5-10-16-27)43-19-11-6-12-20-43)50-35-23-32(26-13-7-4-8-14-26)41-33-21-29(49-2)17-18-31(33)35/h3-5,7-10,13-18,21,23,28,30,34,36H,1,6,11-12,19-20,22,24-25H2,2H3,(H,42,45)(H,47,48)/t28?,30?,34-,36-,40?/m0/s1. The Hall–Kier alpha value is -5.22. The van der Waals surface area contributed by atoms with Crippen LogP contribution in [0.3, 0.4) is 0 Å². The third-order valence-corrected chi connectivity index (χ3v) is 10.3. The molecule has 1 saturated carbocycles. The van der Waals surface area contributed by atoms with Gasteiger partial charge in [-0.25, -0.2) is 9.78 Å². The zero-order valence-corrected chi connectivity index (χ0v) is 28.2. The van der Waals surface area contributed by atoms with Gasteiger partial charge in [0, 0.05) is 35.4 Å². The zero-order valence-electron chi connectivity index (χ0n) is 28.2. The van der Waals surface area contributed by atoms with Gasteiger partial charge < -0.3 is 24.8 Å². The maximum Gasteiger partial charge on any atom is 0.330 e. The maximum absolute atomic E-state index is 14.8. The van der Waals surface area contributed by atoms with Crippen molar-refractivity contribution in [3.8, 4) is 22.8 Å². The number of pyridine rings is 1. The summed E-state index contributed by atoms with van der Waals surface area (Å²) in [6.45, 7) is 5.46. The number of nitrogens with one attached hydrogen (secondary N) is 1. The van der Waals surface area contributed by atoms with Crippen LogP contribution in [0.5, 0.6) is 11.5 Å². The number of aliphatic carboxylic acids is 1. The number of carboxylic acid groups (broad SMARTS) is 1. The number of fused-ring (bicyclic) bond motifs is 1. The van der Waals surface area contributed by atoms with Crippen molar-refractivity contribution in [1.29, 1.82) is 0 Å². The van der Waals surface area contributed by atoms with E-state index in [1.54, 1.807) is 18.1 Å². The molecule has 1 aromatic heterocycles. The molecule has 2 saturated heterocycles. The molecule has 3 fully saturated rings. The van der Waals surface area contributed by atoms with Crippen molar-refractivity contribution in [2.24, 2.45) is 5.92 Å². The third kappa shape index (κ3) is 6.43. The van der Waals surface area contributed by atoms with Gasteiger partial charge in [0.2, 0.25) is 11.8 Å². The van der Waals surface area contributed by atoms with Crippen LogP contribution in [0, 0.1) is 5.92 Å². The van der Waals surface area contributed by atoms with Crippen molar-refractivity contribution >= 4 is 28.7 Å². The van der Waals surface area contributed by atoms with Crippen LogP contribution in [0.2, 0.25) is 0 Å². The van der Waals surface area contributed by atoms with Gasteiger partial charge in [-0.15, -0.1) is 6.58 Å². The van der Waals surface area contributed by atoms with Crippen LogP contribution in [-0.2, 0) is 14.4 Å². The Labute approximate surface area is 291 Å². The van der Waals surface area contributed by atoms with Gasteiger partial charge in [0.15, 0.2) is 0 Å². The second kappa shape index (κ2) is 14.0. The minimum Gasteiger partial charge on any atom is -0.497 e. The molecule has 0 radical (unpaired) electrons. The number of aromatic nitrogens is 1. The summed E-state index contributed by atoms with van der Waals surface area (Å²) in [7, 11) is 1.61. The Morgan fingerprint density at radius 1 is 1.00 bits per heavy atom. The highest BCUT2D eigenvalue weighted by molar-refractivity contribution is 5.96. The van der Waals surface area contributed by atoms with E-state index >= 15 is 0 Å². The molecule has 0 spiro atoms. The Kier molecular flexibility index (Phi) is 9.29. The van der Waals surface area contributed by atoms with E-state index < -0.39 is 35.6 Å². The molecule has 10 heteroatoms. The Morgan fingerprint density at radius 2 is 1.72 bits per heavy atom. The number of nitrogens with zero attached hydrogens (tertiary/aromatic N) is 3. The summed E-state index contributed by atoms with van der Waals surface area (Å²) < 4.78 is 12.2. The number of ether oxygens (including phenoxy) is 2. The van der Waals surface area contributed by atoms with E-state index in [0.717, 1.165) is 48.9 Å². The lowest BCUT2D eigenvalue weighted by atomic mass is 10.00. The molecule has 4 aromatic rings. The highest BCUT2D eigenvalue weighted by atomic mass is 16.5. The number of likely N-dealkylation sites (tertiary alicyclic amines) is 2. The zero-order chi connectivity index (χ0) is 34.8. The van der Waals surface area contributed by atoms with Gasteiger partial charge in [0.05, 0.1) is 24.9 Å². The highest BCUT2D eigenvalue weighted by Gasteiger charge is 2.61. The van der Waals surface area contributed by atoms with Gasteiger partial charge >= 0.3 is 5.97 Å². The van der Waals surface area contributed by atoms with E-state index in [4.69, 9.17) is 14.5 Å². The number of piperidine rings is 1. The van der Waals surface area contributed by atoms with E-state index in [9.17, 15) is 19.5 Å². The molecule has 10 nitrogen and oxygen atoms in total. The van der Waals surface area contributed by atoms with Gasteiger partial charge in [-0.05, 0) is 50.0 Å². The lowest BCUT2D eigenvalue weighted by Gasteiger charge is -2.37. The van der Waals surface area contributed by atoms with Crippen molar-refractivity contribution in [1.82, 2.24) is 20.1 Å². The van der Waals surface area contributed by atoms with Crippen molar-refractivity contribution in [2.75, 3.05) is 26.7 Å². The average molecular weight is 675 g/mol. The average Bonchev–Trinajstić information content (AvgIpc) is 3.71. The Balaban J connectivity index is 1.25. The smallest absolute Gasteiger partial charge is 0.330 e. The molecular formula is C40H42N4O6. The molecule has 3 unspecified atom stereocenters. The molecule has 2 amide bonds. The van der Waals surface area contributed by atoms with Crippen LogP contribution >= 0.6 is 0 Å². The first-order valence-electron chi connectivity index (χ1n) is 17.3. The summed E-state index contributed by atoms with van der Waals surface area (Å²) >= 11 is 0. The van der Waals surface area contributed by atoms with E-state index in [1.807, 2.05) is 84.9 Å². The van der Waals surface area contributed by atoms with Crippen molar-refractivity contribution < 1.29 is 29.0 Å². The Bertz CT molecular complexity index is 1900. The normalized spacial score (nSPS) is 23.9. The first kappa shape index (κ1) is 33.3. The molecule has 3 aromatic carbocycles. The summed E-state index contributed by atoms with van der Waals surface area (Å²) in [5.41, 5.74) is 1.74. The number of hydrogen-bond acceptors (Lipinski definition) is 7. The maximum atomic E-state index is 14.8. The van der Waals surface area contributed by atoms with Gasteiger partial charge in [0.25, 0.3) is 0 Å². The number of rotatable bonds is 11. The SMILES string of the molecule is C=CC1CC1(NC(=O)[C@@H]1CC(Oc2cc(-c3ccccc3)nc3cc(OC)ccc23)CN1C(=O)[C@H](c1ccccc1)N1CCCCC1)C(=O)O. The van der Waals surface area contributed by atoms with Crippen LogP contribution in [0.15, 0.2) is 97.6 Å². The fourth-order valence-corrected chi connectivity index (χ4v) is 7.51. The van der Waals surface area contributed by atoms with E-state index in [-0.39, 0.29) is 31.2 Å². The van der Waals surface area contributed by atoms with Crippen LogP contribution < -0.4 is 14.8 Å². The van der Waals surface area contributed by atoms with Crippen molar-refractivity contribution in [3.63, 3.8) is 0 Å². The number of methoxy groups -OCH3 is 1. The number of hydrogen-bond donors (Lipinski definition) is 2. The Morgan fingerprint density at radius 3 is 2.38 bits per heavy atom. The molecule has 2 N–H and O–H groups in total. The number of carbonyl (C=O) groups excluding carboxylic acids is 2. The second-order valence-electron chi connectivity index (χ2n) is 13.5. The van der Waals surface area contributed by atoms with Crippen LogP contribution in [-0.4, -0.2) is 82.1 Å². The molecule has 2 aliphatic heterocycles. The fourth-order valence-electron chi connectivity index (χ4n) is 7.51. The molecule has 3 aliphatic rings. The van der Waals surface area contributed by atoms with Gasteiger partial charge in [0.1, 0.15) is 35.2 Å². The quantitative estimate of drug-likeness (QED) is 0.197. The summed E-state index contributed by atoms with van der Waals surface area (Å²) in [6.07, 6.45) is 4.53. The predicted octanol–water partition coefficient (Wildman–Crippen LogP) is 5.63. The largest absolute Gasteiger partial charge is 0.497 e. The molecule has 3 heterocycles. The lowest BCUT2D eigenvalue weighted by molar-refractivity contribution is -0.146. The highest BCUT2D eigenvalue weighted by Crippen LogP contribution is 2.45. The molecule has 5 atom stereocenters. The number of carboxylic acids is 1. The van der Waals surface area contributed by atoms with E-state index in [0.29, 0.717) is 22.7 Å². The third-order valence-electron chi connectivity index (χ3n) is 10.3. The monoisotopic (exact) mass is 674 g/mol. The second-order valence-corrected chi connectivity index (χ2v) is 13.5. The summed E-state index contributed by atoms with van der Waals surface area (Å²) in [4.78, 5) is 50.0. The summed E-state index contributed by atoms with van der Waals surface area (Å²) in [5.74, 6) is -0.965. The van der Waals surface area contributed by atoms with Gasteiger partial charge in [-0.1, -0.05) is 73.2 Å². The van der Waals surface area contributed by atoms with Crippen LogP contribution in [0.1, 0.15) is 43.7 Å². The minimum atomic E-state index is -1.43. The van der Waals surface area contributed by atoms with Crippen LogP contribution in [0.25, 0.3) is 22.2 Å². The van der Waals surface area contributed by atoms with Crippen LogP contribution in [0.4, 0.5) is 0 Å². The van der Waals surface area contributed by atoms with Crippen molar-refractivity contribution in [3.05, 3.63) is 103 Å².